The van der Waals surface area contributed by atoms with E-state index in [0.29, 0.717) is 12.8 Å². The van der Waals surface area contributed by atoms with E-state index >= 15 is 0 Å². The smallest absolute Gasteiger partial charge is 0.253 e. The zero-order chi connectivity index (χ0) is 13.3. The van der Waals surface area contributed by atoms with Crippen LogP contribution in [0.25, 0.3) is 0 Å². The van der Waals surface area contributed by atoms with E-state index in [1.54, 1.807) is 0 Å². The zero-order valence-corrected chi connectivity index (χ0v) is 9.47. The first-order chi connectivity index (χ1) is 8.54. The van der Waals surface area contributed by atoms with Gasteiger partial charge >= 0.3 is 0 Å². The number of piperidine rings is 1. The predicted octanol–water partition coefficient (Wildman–Crippen LogP) is 1.85. The van der Waals surface area contributed by atoms with Crippen molar-refractivity contribution in [2.24, 2.45) is 5.92 Å². The number of pyridine rings is 1. The number of hydrogen-bond donors (Lipinski definition) is 1. The molecule has 0 bridgehead atoms. The van der Waals surface area contributed by atoms with Gasteiger partial charge in [0.2, 0.25) is 11.6 Å². The molecule has 18 heavy (non-hydrogen) atoms. The van der Waals surface area contributed by atoms with E-state index < -0.39 is 29.2 Å². The molecule has 0 amide bonds. The number of aromatic nitrogens is 1. The van der Waals surface area contributed by atoms with Crippen molar-refractivity contribution in [3.63, 3.8) is 0 Å². The summed E-state index contributed by atoms with van der Waals surface area (Å²) in [7, 11) is 0. The molecule has 1 N–H and O–H groups in total. The number of aliphatic hydroxyl groups excluding tert-OH is 1. The molecule has 2 rings (SSSR count). The van der Waals surface area contributed by atoms with E-state index in [4.69, 9.17) is 5.11 Å². The molecule has 0 radical (unpaired) electrons. The van der Waals surface area contributed by atoms with Gasteiger partial charge in [0.1, 0.15) is 5.69 Å². The number of halogens is 4. The van der Waals surface area contributed by atoms with Crippen molar-refractivity contribution in [1.29, 1.82) is 0 Å². The highest BCUT2D eigenvalue weighted by Gasteiger charge is 2.28. The number of nitrogens with zero attached hydrogens (tertiary/aromatic N) is 2. The van der Waals surface area contributed by atoms with Gasteiger partial charge in [0, 0.05) is 19.7 Å². The maximum Gasteiger partial charge on any atom is 0.253 e. The molecule has 1 aromatic rings. The van der Waals surface area contributed by atoms with E-state index in [1.165, 1.54) is 4.90 Å². The summed E-state index contributed by atoms with van der Waals surface area (Å²) in [5.74, 6) is -6.46. The fourth-order valence-corrected chi connectivity index (χ4v) is 2.17. The fourth-order valence-electron chi connectivity index (χ4n) is 2.17. The number of aliphatic hydroxyl groups is 1. The minimum Gasteiger partial charge on any atom is -0.396 e. The molecule has 0 aromatic carbocycles. The highest BCUT2D eigenvalue weighted by atomic mass is 19.2. The summed E-state index contributed by atoms with van der Waals surface area (Å²) in [4.78, 5) is 3.72. The molecule has 2 heterocycles. The van der Waals surface area contributed by atoms with Crippen molar-refractivity contribution in [2.75, 3.05) is 24.6 Å². The van der Waals surface area contributed by atoms with Crippen LogP contribution in [-0.4, -0.2) is 29.8 Å². The van der Waals surface area contributed by atoms with Crippen molar-refractivity contribution in [2.45, 2.75) is 12.8 Å². The van der Waals surface area contributed by atoms with Crippen LogP contribution in [0.2, 0.25) is 0 Å². The Morgan fingerprint density at radius 2 is 1.78 bits per heavy atom. The molecular formula is C11H12F4N2O. The maximum absolute atomic E-state index is 13.5. The highest BCUT2D eigenvalue weighted by Crippen LogP contribution is 2.29. The van der Waals surface area contributed by atoms with E-state index in [-0.39, 0.29) is 25.6 Å². The third kappa shape index (κ3) is 2.27. The Balaban J connectivity index is 2.38. The Hall–Kier alpha value is -1.37. The number of anilines is 1. The summed E-state index contributed by atoms with van der Waals surface area (Å²) in [5.41, 5.74) is -0.738. The van der Waals surface area contributed by atoms with Crippen molar-refractivity contribution < 1.29 is 22.7 Å². The van der Waals surface area contributed by atoms with E-state index in [1.807, 2.05) is 0 Å². The average molecular weight is 264 g/mol. The monoisotopic (exact) mass is 264 g/mol. The van der Waals surface area contributed by atoms with E-state index in [0.717, 1.165) is 0 Å². The first kappa shape index (κ1) is 13.1. The molecule has 1 aliphatic heterocycles. The van der Waals surface area contributed by atoms with Crippen molar-refractivity contribution in [1.82, 2.24) is 4.98 Å². The molecule has 7 heteroatoms. The Kier molecular flexibility index (Phi) is 3.70. The summed E-state index contributed by atoms with van der Waals surface area (Å²) in [6, 6.07) is 0. The van der Waals surface area contributed by atoms with Crippen LogP contribution < -0.4 is 4.90 Å². The second kappa shape index (κ2) is 5.09. The summed E-state index contributed by atoms with van der Waals surface area (Å²) in [6.45, 7) is 0.316. The lowest BCUT2D eigenvalue weighted by Crippen LogP contribution is -2.38. The Labute approximate surface area is 101 Å². The second-order valence-corrected chi connectivity index (χ2v) is 4.31. The largest absolute Gasteiger partial charge is 0.396 e. The van der Waals surface area contributed by atoms with Crippen molar-refractivity contribution >= 4 is 5.69 Å². The van der Waals surface area contributed by atoms with Gasteiger partial charge in [0.25, 0.3) is 11.9 Å². The summed E-state index contributed by atoms with van der Waals surface area (Å²) in [5, 5.41) is 9.03. The Morgan fingerprint density at radius 3 is 2.33 bits per heavy atom. The number of hydrogen-bond acceptors (Lipinski definition) is 3. The molecule has 0 aliphatic carbocycles. The minimum absolute atomic E-state index is 0.129. The fraction of sp³-hybridized carbons (Fsp3) is 0.545. The van der Waals surface area contributed by atoms with E-state index in [9.17, 15) is 17.6 Å². The lowest BCUT2D eigenvalue weighted by Gasteiger charge is -2.33. The normalized spacial score (nSPS) is 20.3. The molecule has 0 saturated carbocycles. The molecule has 1 unspecified atom stereocenters. The van der Waals surface area contributed by atoms with Gasteiger partial charge in [0.15, 0.2) is 0 Å². The molecule has 3 nitrogen and oxygen atoms in total. The third-order valence-electron chi connectivity index (χ3n) is 3.07. The van der Waals surface area contributed by atoms with Crippen LogP contribution in [0.15, 0.2) is 0 Å². The molecule has 1 aromatic heterocycles. The lowest BCUT2D eigenvalue weighted by atomic mass is 9.98. The molecule has 0 spiro atoms. The highest BCUT2D eigenvalue weighted by molar-refractivity contribution is 5.48. The van der Waals surface area contributed by atoms with Crippen LogP contribution in [-0.2, 0) is 0 Å². The molecule has 1 aliphatic rings. The lowest BCUT2D eigenvalue weighted by molar-refractivity contribution is 0.207. The molecular weight excluding hydrogens is 252 g/mol. The van der Waals surface area contributed by atoms with Gasteiger partial charge < -0.3 is 10.0 Å². The molecule has 100 valence electrons. The predicted molar refractivity (Wildman–Crippen MR) is 56.1 cm³/mol. The zero-order valence-electron chi connectivity index (χ0n) is 9.47. The Bertz CT molecular complexity index is 429. The molecule has 1 atom stereocenters. The quantitative estimate of drug-likeness (QED) is 0.654. The first-order valence-electron chi connectivity index (χ1n) is 5.60. The van der Waals surface area contributed by atoms with Crippen molar-refractivity contribution in [3.05, 3.63) is 23.5 Å². The van der Waals surface area contributed by atoms with Gasteiger partial charge in [-0.15, -0.1) is 0 Å². The van der Waals surface area contributed by atoms with Crippen LogP contribution in [0.4, 0.5) is 23.2 Å². The van der Waals surface area contributed by atoms with Gasteiger partial charge in [-0.1, -0.05) is 0 Å². The van der Waals surface area contributed by atoms with Gasteiger partial charge in [0.05, 0.1) is 0 Å². The summed E-state index contributed by atoms with van der Waals surface area (Å²) >= 11 is 0. The van der Waals surface area contributed by atoms with Gasteiger partial charge in [-0.2, -0.15) is 22.5 Å². The second-order valence-electron chi connectivity index (χ2n) is 4.31. The van der Waals surface area contributed by atoms with Crippen LogP contribution in [0.5, 0.6) is 0 Å². The van der Waals surface area contributed by atoms with Crippen LogP contribution in [0, 0.1) is 29.4 Å². The standard InChI is InChI=1S/C11H12F4N2O/c12-7-9(8(13)11(15)16-10(7)14)17-3-1-2-6(4-17)5-18/h6,18H,1-5H2. The van der Waals surface area contributed by atoms with Gasteiger partial charge in [-0.05, 0) is 18.8 Å². The topological polar surface area (TPSA) is 36.4 Å². The third-order valence-corrected chi connectivity index (χ3v) is 3.07. The van der Waals surface area contributed by atoms with Gasteiger partial charge in [-0.25, -0.2) is 0 Å². The minimum atomic E-state index is -1.66. The van der Waals surface area contributed by atoms with Crippen LogP contribution in [0.3, 0.4) is 0 Å². The maximum atomic E-state index is 13.5. The first-order valence-corrected chi connectivity index (χ1v) is 5.60. The summed E-state index contributed by atoms with van der Waals surface area (Å²) < 4.78 is 53.0. The SMILES string of the molecule is OCC1CCCN(c2c(F)c(F)nc(F)c2F)C1. The summed E-state index contributed by atoms with van der Waals surface area (Å²) in [6.07, 6.45) is 1.31. The Morgan fingerprint density at radius 1 is 1.17 bits per heavy atom. The van der Waals surface area contributed by atoms with Crippen LogP contribution in [0.1, 0.15) is 12.8 Å². The molecule has 1 saturated heterocycles. The average Bonchev–Trinajstić information content (AvgIpc) is 2.37. The molecule has 1 fully saturated rings. The van der Waals surface area contributed by atoms with Gasteiger partial charge in [-0.3, -0.25) is 0 Å². The van der Waals surface area contributed by atoms with Crippen LogP contribution >= 0.6 is 0 Å². The van der Waals surface area contributed by atoms with Crippen molar-refractivity contribution in [3.8, 4) is 0 Å². The number of rotatable bonds is 2. The van der Waals surface area contributed by atoms with E-state index in [2.05, 4.69) is 4.98 Å².